The van der Waals surface area contributed by atoms with Gasteiger partial charge < -0.3 is 20.1 Å². The fraction of sp³-hybridized carbons (Fsp3) is 0.379. The van der Waals surface area contributed by atoms with Crippen LogP contribution in [0.4, 0.5) is 10.5 Å². The Hall–Kier alpha value is -4.52. The first-order valence-electron chi connectivity index (χ1n) is 13.2. The van der Waals surface area contributed by atoms with Crippen molar-refractivity contribution in [3.05, 3.63) is 46.5 Å². The molecule has 2 aromatic carbocycles. The van der Waals surface area contributed by atoms with Crippen LogP contribution < -0.4 is 25.4 Å². The number of ether oxygens (including phenoxy) is 2. The van der Waals surface area contributed by atoms with Crippen LogP contribution in [0.25, 0.3) is 10.2 Å². The fourth-order valence-corrected chi connectivity index (χ4v) is 6.29. The summed E-state index contributed by atoms with van der Waals surface area (Å²) in [5.41, 5.74) is -0.312. The molecule has 12 nitrogen and oxygen atoms in total. The lowest BCUT2D eigenvalue weighted by atomic mass is 9.75. The minimum atomic E-state index is -1.07. The van der Waals surface area contributed by atoms with Gasteiger partial charge in [0.05, 0.1) is 35.6 Å². The van der Waals surface area contributed by atoms with Crippen LogP contribution in [0.5, 0.6) is 11.5 Å². The molecule has 1 fully saturated rings. The van der Waals surface area contributed by atoms with Crippen molar-refractivity contribution in [2.24, 2.45) is 5.41 Å². The van der Waals surface area contributed by atoms with E-state index < -0.39 is 46.7 Å². The van der Waals surface area contributed by atoms with Gasteiger partial charge in [-0.1, -0.05) is 20.8 Å². The number of carbonyl (C=O) groups is 5. The Morgan fingerprint density at radius 1 is 1.02 bits per heavy atom. The van der Waals surface area contributed by atoms with Crippen molar-refractivity contribution >= 4 is 56.9 Å². The highest BCUT2D eigenvalue weighted by molar-refractivity contribution is 7.18. The van der Waals surface area contributed by atoms with E-state index in [1.165, 1.54) is 29.5 Å². The number of urea groups is 1. The van der Waals surface area contributed by atoms with Gasteiger partial charge in [-0.2, -0.15) is 0 Å². The predicted molar refractivity (Wildman–Crippen MR) is 155 cm³/mol. The number of amides is 6. The molecular weight excluding hydrogens is 562 g/mol. The second kappa shape index (κ2) is 10.4. The zero-order valence-corrected chi connectivity index (χ0v) is 24.9. The van der Waals surface area contributed by atoms with Gasteiger partial charge in [-0.3, -0.25) is 29.4 Å². The van der Waals surface area contributed by atoms with E-state index in [-0.39, 0.29) is 29.7 Å². The molecule has 0 saturated carbocycles. The third kappa shape index (κ3) is 4.83. The fourth-order valence-electron chi connectivity index (χ4n) is 4.96. The Morgan fingerprint density at radius 3 is 2.38 bits per heavy atom. The third-order valence-corrected chi connectivity index (χ3v) is 9.10. The van der Waals surface area contributed by atoms with Crippen molar-refractivity contribution in [2.45, 2.75) is 52.1 Å². The lowest BCUT2D eigenvalue weighted by molar-refractivity contribution is -0.136. The summed E-state index contributed by atoms with van der Waals surface area (Å²) in [6, 6.07) is 6.35. The first-order chi connectivity index (χ1) is 19.8. The zero-order valence-electron chi connectivity index (χ0n) is 24.0. The molecule has 3 aromatic rings. The molecule has 1 unspecified atom stereocenters. The van der Waals surface area contributed by atoms with E-state index in [2.05, 4.69) is 16.0 Å². The molecule has 3 heterocycles. The monoisotopic (exact) mass is 593 g/mol. The minimum Gasteiger partial charge on any atom is -0.497 e. The number of nitrogens with zero attached hydrogens (tertiary/aromatic N) is 2. The Labute approximate surface area is 245 Å². The molecule has 0 radical (unpaired) electrons. The topological polar surface area (TPSA) is 156 Å². The minimum absolute atomic E-state index is 0.0261. The van der Waals surface area contributed by atoms with Gasteiger partial charge in [-0.25, -0.2) is 9.78 Å². The van der Waals surface area contributed by atoms with Crippen LogP contribution in [0.2, 0.25) is 0 Å². The van der Waals surface area contributed by atoms with Crippen molar-refractivity contribution in [3.8, 4) is 11.5 Å². The molecule has 42 heavy (non-hydrogen) atoms. The van der Waals surface area contributed by atoms with Crippen molar-refractivity contribution < 1.29 is 33.4 Å². The van der Waals surface area contributed by atoms with Gasteiger partial charge in [0.1, 0.15) is 28.1 Å². The van der Waals surface area contributed by atoms with Crippen LogP contribution in [0, 0.1) is 5.41 Å². The Morgan fingerprint density at radius 2 is 1.74 bits per heavy atom. The second-order valence-electron chi connectivity index (χ2n) is 11.4. The van der Waals surface area contributed by atoms with E-state index in [0.29, 0.717) is 22.0 Å². The molecule has 2 atom stereocenters. The predicted octanol–water partition coefficient (Wildman–Crippen LogP) is 3.80. The molecule has 2 aliphatic rings. The number of methoxy groups -OCH3 is 2. The number of carbonyl (C=O) groups excluding carboxylic acids is 5. The number of hydrogen-bond donors (Lipinski definition) is 3. The van der Waals surface area contributed by atoms with Crippen LogP contribution in [-0.4, -0.2) is 59.8 Å². The molecule has 2 aliphatic heterocycles. The second-order valence-corrected chi connectivity index (χ2v) is 12.4. The van der Waals surface area contributed by atoms with Crippen LogP contribution in [0.15, 0.2) is 30.3 Å². The highest BCUT2D eigenvalue weighted by Gasteiger charge is 2.46. The molecule has 1 saturated heterocycles. The molecular formula is C29H31N5O7S. The van der Waals surface area contributed by atoms with Gasteiger partial charge in [0.15, 0.2) is 0 Å². The molecule has 5 rings (SSSR count). The number of hydrogen-bond acceptors (Lipinski definition) is 9. The summed E-state index contributed by atoms with van der Waals surface area (Å²) in [5, 5.41) is 8.65. The molecule has 6 amide bonds. The van der Waals surface area contributed by atoms with Crippen LogP contribution in [0.3, 0.4) is 0 Å². The third-order valence-electron chi connectivity index (χ3n) is 7.88. The largest absolute Gasteiger partial charge is 0.497 e. The number of anilines is 1. The SMILES string of the molecule is COc1cc(OC)c2nc([C@@](C)(NC(=O)Nc3ccc4c(c3)C(=O)N(C3CCC(=O)NC3=O)C4=O)C(C)(C)C)sc2c1. The molecule has 13 heteroatoms. The van der Waals surface area contributed by atoms with Crippen molar-refractivity contribution in [1.29, 1.82) is 0 Å². The number of rotatable bonds is 6. The van der Waals surface area contributed by atoms with Crippen LogP contribution >= 0.6 is 11.3 Å². The summed E-state index contributed by atoms with van der Waals surface area (Å²) in [7, 11) is 3.13. The van der Waals surface area contributed by atoms with Crippen LogP contribution in [-0.2, 0) is 15.1 Å². The van der Waals surface area contributed by atoms with Gasteiger partial charge in [0.25, 0.3) is 11.8 Å². The number of fused-ring (bicyclic) bond motifs is 2. The summed E-state index contributed by atoms with van der Waals surface area (Å²) in [4.78, 5) is 69.2. The molecule has 220 valence electrons. The number of thiazole rings is 1. The lowest BCUT2D eigenvalue weighted by Crippen LogP contribution is -2.54. The van der Waals surface area contributed by atoms with Gasteiger partial charge in [-0.15, -0.1) is 11.3 Å². The molecule has 1 aromatic heterocycles. The van der Waals surface area contributed by atoms with E-state index in [1.807, 2.05) is 33.8 Å². The lowest BCUT2D eigenvalue weighted by Gasteiger charge is -2.40. The summed E-state index contributed by atoms with van der Waals surface area (Å²) in [6.45, 7) is 7.85. The zero-order chi connectivity index (χ0) is 30.6. The number of nitrogens with one attached hydrogen (secondary N) is 3. The van der Waals surface area contributed by atoms with E-state index in [1.54, 1.807) is 20.3 Å². The normalized spacial score (nSPS) is 18.4. The number of piperidine rings is 1. The van der Waals surface area contributed by atoms with Crippen molar-refractivity contribution in [1.82, 2.24) is 20.5 Å². The Kier molecular flexibility index (Phi) is 7.17. The van der Waals surface area contributed by atoms with Gasteiger partial charge in [-0.05, 0) is 43.0 Å². The molecule has 0 aliphatic carbocycles. The van der Waals surface area contributed by atoms with Gasteiger partial charge in [0.2, 0.25) is 11.8 Å². The number of benzene rings is 2. The smallest absolute Gasteiger partial charge is 0.320 e. The van der Waals surface area contributed by atoms with E-state index in [0.717, 1.165) is 9.60 Å². The first-order valence-corrected chi connectivity index (χ1v) is 14.1. The van der Waals surface area contributed by atoms with E-state index in [9.17, 15) is 24.0 Å². The maximum Gasteiger partial charge on any atom is 0.320 e. The molecule has 0 spiro atoms. The highest BCUT2D eigenvalue weighted by atomic mass is 32.1. The van der Waals surface area contributed by atoms with E-state index in [4.69, 9.17) is 14.5 Å². The summed E-state index contributed by atoms with van der Waals surface area (Å²) >= 11 is 1.41. The quantitative estimate of drug-likeness (QED) is 0.365. The highest BCUT2D eigenvalue weighted by Crippen LogP contribution is 2.44. The van der Waals surface area contributed by atoms with Crippen molar-refractivity contribution in [3.63, 3.8) is 0 Å². The Bertz CT molecular complexity index is 1660. The first kappa shape index (κ1) is 29.0. The van der Waals surface area contributed by atoms with Gasteiger partial charge >= 0.3 is 6.03 Å². The average molecular weight is 594 g/mol. The van der Waals surface area contributed by atoms with E-state index >= 15 is 0 Å². The van der Waals surface area contributed by atoms with Gasteiger partial charge in [0, 0.05) is 18.2 Å². The Balaban J connectivity index is 1.39. The maximum atomic E-state index is 13.4. The summed E-state index contributed by atoms with van der Waals surface area (Å²) in [6.07, 6.45) is 0.0811. The standard InChI is InChI=1S/C29H31N5O7S/c1-28(2,3)29(4,26-32-22-19(41-6)12-15(40-5)13-20(22)42-26)33-27(39)30-14-7-8-16-17(11-14)25(38)34(24(16)37)18-9-10-21(35)31-23(18)36/h7-8,11-13,18H,9-10H2,1-6H3,(H2,30,33,39)(H,31,35,36)/t18?,29-/m1/s1. The summed E-state index contributed by atoms with van der Waals surface area (Å²) < 4.78 is 11.8. The van der Waals surface area contributed by atoms with Crippen LogP contribution in [0.1, 0.15) is 66.3 Å². The molecule has 3 N–H and O–H groups in total. The maximum absolute atomic E-state index is 13.4. The van der Waals surface area contributed by atoms with Crippen molar-refractivity contribution in [2.75, 3.05) is 19.5 Å². The molecule has 0 bridgehead atoms. The number of aromatic nitrogens is 1. The average Bonchev–Trinajstić information content (AvgIpc) is 3.47. The number of imide groups is 2. The summed E-state index contributed by atoms with van der Waals surface area (Å²) in [5.74, 6) is -1.24.